The monoisotopic (exact) mass is 310 g/mol. The fourth-order valence-corrected chi connectivity index (χ4v) is 2.27. The van der Waals surface area contributed by atoms with Gasteiger partial charge in [-0.15, -0.1) is 0 Å². The van der Waals surface area contributed by atoms with Crippen LogP contribution in [0.5, 0.6) is 0 Å². The molecule has 5 nitrogen and oxygen atoms in total. The number of hydrogen-bond donors (Lipinski definition) is 2. The number of carbonyl (C=O) groups excluding carboxylic acids is 1. The maximum atomic E-state index is 11.8. The third-order valence-corrected chi connectivity index (χ3v) is 3.15. The first-order chi connectivity index (χ1) is 8.47. The number of H-pyrrole nitrogens is 1. The number of fused-ring (bicyclic) bond motifs is 1. The summed E-state index contributed by atoms with van der Waals surface area (Å²) in [6.07, 6.45) is -0.156. The molecule has 0 unspecified atom stereocenters. The minimum absolute atomic E-state index is 0.000396. The second-order valence-electron chi connectivity index (χ2n) is 3.99. The van der Waals surface area contributed by atoms with Crippen molar-refractivity contribution in [3.63, 3.8) is 0 Å². The summed E-state index contributed by atoms with van der Waals surface area (Å²) in [6, 6.07) is 3.37. The number of nitrogens with zero attached hydrogens (tertiary/aromatic N) is 1. The predicted molar refractivity (Wildman–Crippen MR) is 69.7 cm³/mol. The van der Waals surface area contributed by atoms with E-state index in [2.05, 4.69) is 25.9 Å². The van der Waals surface area contributed by atoms with Gasteiger partial charge in [-0.05, 0) is 35.0 Å². The van der Waals surface area contributed by atoms with E-state index >= 15 is 0 Å². The summed E-state index contributed by atoms with van der Waals surface area (Å²) in [5.74, 6) is -0.394. The number of benzene rings is 1. The van der Waals surface area contributed by atoms with Gasteiger partial charge in [0.25, 0.3) is 0 Å². The number of halogens is 1. The zero-order valence-electron chi connectivity index (χ0n) is 9.66. The van der Waals surface area contributed by atoms with Gasteiger partial charge in [-0.1, -0.05) is 0 Å². The number of ketones is 1. The maximum Gasteiger partial charge on any atom is 0.303 e. The Morgan fingerprint density at radius 2 is 2.11 bits per heavy atom. The summed E-state index contributed by atoms with van der Waals surface area (Å²) in [5.41, 5.74) is 2.02. The number of rotatable bonds is 4. The van der Waals surface area contributed by atoms with E-state index < -0.39 is 5.97 Å². The van der Waals surface area contributed by atoms with Crippen LogP contribution in [0.25, 0.3) is 11.0 Å². The number of nitrogens with one attached hydrogen (secondary N) is 1. The van der Waals surface area contributed by atoms with E-state index in [1.54, 1.807) is 12.1 Å². The fraction of sp³-hybridized carbons (Fsp3) is 0.250. The maximum absolute atomic E-state index is 11.8. The lowest BCUT2D eigenvalue weighted by atomic mass is 10.1. The van der Waals surface area contributed by atoms with Crippen LogP contribution in [0, 0.1) is 6.92 Å². The predicted octanol–water partition coefficient (Wildman–Crippen LogP) is 2.68. The molecule has 1 aromatic carbocycles. The third-order valence-electron chi connectivity index (χ3n) is 2.55. The Kier molecular flexibility index (Phi) is 3.47. The molecule has 0 aliphatic carbocycles. The Bertz CT molecular complexity index is 634. The summed E-state index contributed by atoms with van der Waals surface area (Å²) >= 11 is 3.36. The van der Waals surface area contributed by atoms with E-state index in [0.29, 0.717) is 5.56 Å². The molecule has 2 aromatic rings. The van der Waals surface area contributed by atoms with Gasteiger partial charge in [0, 0.05) is 16.5 Å². The molecule has 18 heavy (non-hydrogen) atoms. The van der Waals surface area contributed by atoms with Crippen LogP contribution in [0.2, 0.25) is 0 Å². The number of carboxylic acid groups (broad SMARTS) is 1. The first-order valence-electron chi connectivity index (χ1n) is 5.38. The molecule has 0 radical (unpaired) electrons. The highest BCUT2D eigenvalue weighted by molar-refractivity contribution is 9.10. The van der Waals surface area contributed by atoms with Crippen molar-refractivity contribution < 1.29 is 14.7 Å². The quantitative estimate of drug-likeness (QED) is 0.850. The van der Waals surface area contributed by atoms with Crippen LogP contribution in [0.15, 0.2) is 16.6 Å². The number of carbonyl (C=O) groups is 2. The summed E-state index contributed by atoms with van der Waals surface area (Å²) < 4.78 is 0.725. The molecule has 0 aliphatic heterocycles. The molecule has 0 fully saturated rings. The van der Waals surface area contributed by atoms with Crippen molar-refractivity contribution in [3.8, 4) is 0 Å². The van der Waals surface area contributed by atoms with E-state index in [0.717, 1.165) is 21.3 Å². The van der Waals surface area contributed by atoms with Gasteiger partial charge in [0.15, 0.2) is 5.78 Å². The van der Waals surface area contributed by atoms with Crippen molar-refractivity contribution in [2.45, 2.75) is 19.8 Å². The van der Waals surface area contributed by atoms with Crippen molar-refractivity contribution in [2.24, 2.45) is 0 Å². The molecule has 6 heteroatoms. The van der Waals surface area contributed by atoms with Crippen LogP contribution in [0.3, 0.4) is 0 Å². The van der Waals surface area contributed by atoms with E-state index in [4.69, 9.17) is 5.11 Å². The number of Topliss-reactive ketones (excluding diaryl/α,β-unsaturated/α-hetero) is 1. The van der Waals surface area contributed by atoms with Gasteiger partial charge in [0.2, 0.25) is 0 Å². The zero-order valence-corrected chi connectivity index (χ0v) is 11.2. The molecular weight excluding hydrogens is 300 g/mol. The van der Waals surface area contributed by atoms with Gasteiger partial charge in [-0.2, -0.15) is 0 Å². The number of aliphatic carboxylic acids is 1. The first kappa shape index (κ1) is 12.8. The highest BCUT2D eigenvalue weighted by Gasteiger charge is 2.12. The highest BCUT2D eigenvalue weighted by Crippen LogP contribution is 2.24. The van der Waals surface area contributed by atoms with Gasteiger partial charge in [0.1, 0.15) is 11.3 Å². The van der Waals surface area contributed by atoms with Gasteiger partial charge >= 0.3 is 5.97 Å². The Labute approximate surface area is 111 Å². The van der Waals surface area contributed by atoms with Crippen LogP contribution in [-0.4, -0.2) is 26.8 Å². The molecule has 0 aliphatic rings. The van der Waals surface area contributed by atoms with Gasteiger partial charge in [0.05, 0.1) is 11.9 Å². The van der Waals surface area contributed by atoms with Crippen LogP contribution in [-0.2, 0) is 4.79 Å². The molecule has 0 amide bonds. The second-order valence-corrected chi connectivity index (χ2v) is 4.85. The van der Waals surface area contributed by atoms with E-state index in [-0.39, 0.29) is 18.6 Å². The van der Waals surface area contributed by atoms with E-state index in [9.17, 15) is 9.59 Å². The normalized spacial score (nSPS) is 10.8. The van der Waals surface area contributed by atoms with Gasteiger partial charge in [-0.25, -0.2) is 4.98 Å². The van der Waals surface area contributed by atoms with E-state index in [1.165, 1.54) is 0 Å². The Morgan fingerprint density at radius 1 is 1.39 bits per heavy atom. The average Bonchev–Trinajstić information content (AvgIpc) is 2.67. The minimum Gasteiger partial charge on any atom is -0.481 e. The van der Waals surface area contributed by atoms with Crippen LogP contribution in [0.4, 0.5) is 0 Å². The van der Waals surface area contributed by atoms with Crippen molar-refractivity contribution in [3.05, 3.63) is 28.0 Å². The topological polar surface area (TPSA) is 83.1 Å². The molecule has 0 bridgehead atoms. The number of aromatic amines is 1. The number of aromatic nitrogens is 2. The summed E-state index contributed by atoms with van der Waals surface area (Å²) in [5, 5.41) is 8.56. The standard InChI is InChI=1S/C12H11BrN2O3/c1-6-14-9-5-7(4-8(13)12(9)15-6)10(16)2-3-11(17)18/h4-5H,2-3H2,1H3,(H,14,15)(H,17,18). The molecule has 1 aromatic heterocycles. The summed E-state index contributed by atoms with van der Waals surface area (Å²) in [4.78, 5) is 29.6. The molecular formula is C12H11BrN2O3. The first-order valence-corrected chi connectivity index (χ1v) is 6.17. The van der Waals surface area contributed by atoms with E-state index in [1.807, 2.05) is 6.92 Å². The third kappa shape index (κ3) is 2.59. The van der Waals surface area contributed by atoms with Crippen LogP contribution >= 0.6 is 15.9 Å². The van der Waals surface area contributed by atoms with Crippen LogP contribution in [0.1, 0.15) is 29.0 Å². The van der Waals surface area contributed by atoms with Gasteiger partial charge < -0.3 is 10.1 Å². The zero-order chi connectivity index (χ0) is 13.3. The number of aryl methyl sites for hydroxylation is 1. The molecule has 0 saturated carbocycles. The highest BCUT2D eigenvalue weighted by atomic mass is 79.9. The summed E-state index contributed by atoms with van der Waals surface area (Å²) in [6.45, 7) is 1.83. The Balaban J connectivity index is 2.34. The van der Waals surface area contributed by atoms with Crippen LogP contribution < -0.4 is 0 Å². The van der Waals surface area contributed by atoms with Crippen molar-refractivity contribution in [1.82, 2.24) is 9.97 Å². The number of hydrogen-bond acceptors (Lipinski definition) is 3. The SMILES string of the molecule is Cc1nc2c(Br)cc(C(=O)CCC(=O)O)cc2[nH]1. The second kappa shape index (κ2) is 4.89. The Hall–Kier alpha value is -1.69. The molecule has 0 atom stereocenters. The summed E-state index contributed by atoms with van der Waals surface area (Å²) in [7, 11) is 0. The lowest BCUT2D eigenvalue weighted by molar-refractivity contribution is -0.136. The average molecular weight is 311 g/mol. The molecule has 2 rings (SSSR count). The molecule has 0 saturated heterocycles. The molecule has 2 N–H and O–H groups in total. The smallest absolute Gasteiger partial charge is 0.303 e. The molecule has 1 heterocycles. The minimum atomic E-state index is -0.971. The molecule has 94 valence electrons. The lowest BCUT2D eigenvalue weighted by Gasteiger charge is -2.01. The van der Waals surface area contributed by atoms with Crippen molar-refractivity contribution in [1.29, 1.82) is 0 Å². The number of carboxylic acids is 1. The van der Waals surface area contributed by atoms with Gasteiger partial charge in [-0.3, -0.25) is 9.59 Å². The lowest BCUT2D eigenvalue weighted by Crippen LogP contribution is -2.03. The van der Waals surface area contributed by atoms with Crippen molar-refractivity contribution >= 4 is 38.7 Å². The Morgan fingerprint density at radius 3 is 2.78 bits per heavy atom. The number of imidazole rings is 1. The fourth-order valence-electron chi connectivity index (χ4n) is 1.72. The largest absolute Gasteiger partial charge is 0.481 e. The van der Waals surface area contributed by atoms with Crippen molar-refractivity contribution in [2.75, 3.05) is 0 Å². The molecule has 0 spiro atoms.